The monoisotopic (exact) mass is 399 g/mol. The largest absolute Gasteiger partial charge is 0.450 e. The van der Waals surface area contributed by atoms with Crippen LogP contribution in [0.15, 0.2) is 57.4 Å². The number of furan rings is 1. The minimum atomic E-state index is -0.342. The highest BCUT2D eigenvalue weighted by Gasteiger charge is 2.21. The van der Waals surface area contributed by atoms with Crippen molar-refractivity contribution in [3.05, 3.63) is 58.8 Å². The Kier molecular flexibility index (Phi) is 3.93. The van der Waals surface area contributed by atoms with Crippen molar-refractivity contribution in [3.8, 4) is 0 Å². The van der Waals surface area contributed by atoms with E-state index in [0.29, 0.717) is 24.4 Å². The van der Waals surface area contributed by atoms with Gasteiger partial charge in [0, 0.05) is 29.9 Å². The van der Waals surface area contributed by atoms with Crippen LogP contribution in [0.5, 0.6) is 0 Å². The quantitative estimate of drug-likeness (QED) is 0.699. The van der Waals surface area contributed by atoms with Gasteiger partial charge in [-0.15, -0.1) is 0 Å². The van der Waals surface area contributed by atoms with Crippen LogP contribution >= 0.6 is 15.9 Å². The van der Waals surface area contributed by atoms with E-state index in [-0.39, 0.29) is 17.7 Å². The Hall–Kier alpha value is -2.80. The van der Waals surface area contributed by atoms with E-state index in [1.165, 1.54) is 0 Å². The molecule has 1 aliphatic rings. The number of carbonyl (C=O) groups excluding carboxylic acids is 2. The van der Waals surface area contributed by atoms with Crippen LogP contribution in [0.25, 0.3) is 11.0 Å². The number of anilines is 2. The van der Waals surface area contributed by atoms with Gasteiger partial charge in [-0.1, -0.05) is 18.2 Å². The highest BCUT2D eigenvalue weighted by Crippen LogP contribution is 2.28. The van der Waals surface area contributed by atoms with Gasteiger partial charge in [0.15, 0.2) is 5.76 Å². The summed E-state index contributed by atoms with van der Waals surface area (Å²) in [6, 6.07) is 14.4. The fraction of sp³-hybridized carbons (Fsp3) is 0.111. The van der Waals surface area contributed by atoms with Crippen molar-refractivity contribution in [2.24, 2.45) is 0 Å². The molecule has 0 spiro atoms. The maximum absolute atomic E-state index is 12.5. The second kappa shape index (κ2) is 6.25. The number of hydrogen-bond donors (Lipinski definition) is 2. The van der Waals surface area contributed by atoms with Gasteiger partial charge in [-0.2, -0.15) is 0 Å². The first-order valence-electron chi connectivity index (χ1n) is 7.77. The zero-order valence-corrected chi connectivity index (χ0v) is 14.7. The molecule has 1 aliphatic heterocycles. The summed E-state index contributed by atoms with van der Waals surface area (Å²) in [5.41, 5.74) is 1.97. The number of rotatable bonds is 3. The smallest absolute Gasteiger partial charge is 0.321 e. The molecule has 0 atom stereocenters. The number of amides is 3. The topological polar surface area (TPSA) is 74.6 Å². The molecule has 1 aromatic heterocycles. The highest BCUT2D eigenvalue weighted by molar-refractivity contribution is 9.10. The van der Waals surface area contributed by atoms with E-state index < -0.39 is 0 Å². The van der Waals surface area contributed by atoms with Crippen LogP contribution in [0.1, 0.15) is 10.6 Å². The SMILES string of the molecule is O=C(Nc1cccc(N2CCNC2=O)c1)c1cc2cccc(Br)c2o1. The molecule has 3 amide bonds. The van der Waals surface area contributed by atoms with Gasteiger partial charge in [-0.25, -0.2) is 4.79 Å². The number of carbonyl (C=O) groups is 2. The number of urea groups is 1. The number of benzene rings is 2. The Morgan fingerprint density at radius 2 is 2.04 bits per heavy atom. The molecule has 2 heterocycles. The minimum absolute atomic E-state index is 0.134. The second-order valence-corrected chi connectivity index (χ2v) is 6.51. The van der Waals surface area contributed by atoms with Crippen LogP contribution < -0.4 is 15.5 Å². The van der Waals surface area contributed by atoms with Crippen molar-refractivity contribution < 1.29 is 14.0 Å². The minimum Gasteiger partial charge on any atom is -0.450 e. The van der Waals surface area contributed by atoms with Gasteiger partial charge in [0.25, 0.3) is 5.91 Å². The van der Waals surface area contributed by atoms with Crippen LogP contribution in [0, 0.1) is 0 Å². The summed E-state index contributed by atoms with van der Waals surface area (Å²) in [5.74, 6) is -0.114. The predicted molar refractivity (Wildman–Crippen MR) is 99.1 cm³/mol. The first-order valence-corrected chi connectivity index (χ1v) is 8.56. The zero-order chi connectivity index (χ0) is 17.4. The zero-order valence-electron chi connectivity index (χ0n) is 13.1. The molecule has 126 valence electrons. The molecule has 7 heteroatoms. The Bertz CT molecular complexity index is 983. The van der Waals surface area contributed by atoms with Crippen molar-refractivity contribution in [1.29, 1.82) is 0 Å². The molecule has 25 heavy (non-hydrogen) atoms. The van der Waals surface area contributed by atoms with Gasteiger partial charge in [-0.05, 0) is 46.3 Å². The summed E-state index contributed by atoms with van der Waals surface area (Å²) >= 11 is 3.41. The lowest BCUT2D eigenvalue weighted by Gasteiger charge is -2.15. The fourth-order valence-electron chi connectivity index (χ4n) is 2.80. The van der Waals surface area contributed by atoms with Gasteiger partial charge >= 0.3 is 6.03 Å². The third-order valence-electron chi connectivity index (χ3n) is 3.99. The number of para-hydroxylation sites is 1. The third-order valence-corrected chi connectivity index (χ3v) is 4.62. The lowest BCUT2D eigenvalue weighted by atomic mass is 10.2. The molecule has 3 aromatic rings. The number of nitrogens with zero attached hydrogens (tertiary/aromatic N) is 1. The van der Waals surface area contributed by atoms with Crippen molar-refractivity contribution in [3.63, 3.8) is 0 Å². The molecule has 2 aromatic carbocycles. The summed E-state index contributed by atoms with van der Waals surface area (Å²) in [4.78, 5) is 25.9. The summed E-state index contributed by atoms with van der Waals surface area (Å²) in [5, 5.41) is 6.41. The molecule has 2 N–H and O–H groups in total. The van der Waals surface area contributed by atoms with Crippen LogP contribution in [0.4, 0.5) is 16.2 Å². The van der Waals surface area contributed by atoms with Crippen molar-refractivity contribution in [1.82, 2.24) is 5.32 Å². The molecule has 0 unspecified atom stereocenters. The van der Waals surface area contributed by atoms with Crippen molar-refractivity contribution in [2.75, 3.05) is 23.3 Å². The molecule has 1 fully saturated rings. The molecule has 1 saturated heterocycles. The summed E-state index contributed by atoms with van der Waals surface area (Å²) < 4.78 is 6.44. The van der Waals surface area contributed by atoms with Crippen LogP contribution in [-0.2, 0) is 0 Å². The van der Waals surface area contributed by atoms with Crippen LogP contribution in [-0.4, -0.2) is 25.0 Å². The summed E-state index contributed by atoms with van der Waals surface area (Å²) in [6.45, 7) is 1.22. The van der Waals surface area contributed by atoms with Crippen LogP contribution in [0.3, 0.4) is 0 Å². The average Bonchev–Trinajstić information content (AvgIpc) is 3.22. The van der Waals surface area contributed by atoms with E-state index in [4.69, 9.17) is 4.42 Å². The molecular formula is C18H14BrN3O3. The third kappa shape index (κ3) is 2.98. The maximum Gasteiger partial charge on any atom is 0.321 e. The second-order valence-electron chi connectivity index (χ2n) is 5.66. The number of halogens is 1. The molecule has 4 rings (SSSR count). The van der Waals surface area contributed by atoms with E-state index in [1.807, 2.05) is 24.3 Å². The number of nitrogens with one attached hydrogen (secondary N) is 2. The van der Waals surface area contributed by atoms with E-state index in [1.54, 1.807) is 29.2 Å². The normalized spacial score (nSPS) is 14.0. The summed E-state index contributed by atoms with van der Waals surface area (Å²) in [6.07, 6.45) is 0. The van der Waals surface area contributed by atoms with Gasteiger partial charge in [0.1, 0.15) is 5.58 Å². The van der Waals surface area contributed by atoms with E-state index in [0.717, 1.165) is 15.5 Å². The lowest BCUT2D eigenvalue weighted by Crippen LogP contribution is -2.27. The molecule has 0 saturated carbocycles. The first kappa shape index (κ1) is 15.7. The average molecular weight is 400 g/mol. The predicted octanol–water partition coefficient (Wildman–Crippen LogP) is 3.98. The molecule has 0 radical (unpaired) electrons. The standard InChI is InChI=1S/C18H14BrN3O3/c19-14-6-1-3-11-9-15(25-16(11)14)17(23)21-12-4-2-5-13(10-12)22-8-7-20-18(22)24/h1-6,9-10H,7-8H2,(H,20,24)(H,21,23). The van der Waals surface area contributed by atoms with Crippen LogP contribution in [0.2, 0.25) is 0 Å². The Balaban J connectivity index is 1.57. The number of hydrogen-bond acceptors (Lipinski definition) is 3. The lowest BCUT2D eigenvalue weighted by molar-refractivity contribution is 0.0998. The molecule has 0 aliphatic carbocycles. The summed E-state index contributed by atoms with van der Waals surface area (Å²) in [7, 11) is 0. The van der Waals surface area contributed by atoms with E-state index in [2.05, 4.69) is 26.6 Å². The van der Waals surface area contributed by atoms with Gasteiger partial charge < -0.3 is 15.1 Å². The van der Waals surface area contributed by atoms with Gasteiger partial charge in [-0.3, -0.25) is 9.69 Å². The number of fused-ring (bicyclic) bond motifs is 1. The highest BCUT2D eigenvalue weighted by atomic mass is 79.9. The van der Waals surface area contributed by atoms with Gasteiger partial charge in [0.2, 0.25) is 0 Å². The van der Waals surface area contributed by atoms with Crippen molar-refractivity contribution in [2.45, 2.75) is 0 Å². The van der Waals surface area contributed by atoms with Gasteiger partial charge in [0.05, 0.1) is 4.47 Å². The molecular weight excluding hydrogens is 386 g/mol. The maximum atomic E-state index is 12.5. The molecule has 0 bridgehead atoms. The molecule has 6 nitrogen and oxygen atoms in total. The Morgan fingerprint density at radius 1 is 1.20 bits per heavy atom. The first-order chi connectivity index (χ1) is 12.1. The van der Waals surface area contributed by atoms with E-state index in [9.17, 15) is 9.59 Å². The van der Waals surface area contributed by atoms with Crippen molar-refractivity contribution >= 4 is 50.2 Å². The Morgan fingerprint density at radius 3 is 2.80 bits per heavy atom. The Labute approximate surface area is 151 Å². The fourth-order valence-corrected chi connectivity index (χ4v) is 3.26. The van der Waals surface area contributed by atoms with E-state index >= 15 is 0 Å².